The smallest absolute Gasteiger partial charge is 0.224 e. The van der Waals surface area contributed by atoms with E-state index in [0.29, 0.717) is 31.4 Å². The molecular formula is C19H30N2O3. The SMILES string of the molecule is CCCOc1ccc(NC(=O)CCC2CCCN2)cc1OCCC. The normalized spacial score (nSPS) is 16.8. The van der Waals surface area contributed by atoms with Crippen LogP contribution in [0, 0.1) is 0 Å². The predicted molar refractivity (Wildman–Crippen MR) is 96.9 cm³/mol. The van der Waals surface area contributed by atoms with Gasteiger partial charge in [-0.2, -0.15) is 0 Å². The summed E-state index contributed by atoms with van der Waals surface area (Å²) in [6.07, 6.45) is 5.69. The van der Waals surface area contributed by atoms with E-state index in [-0.39, 0.29) is 5.91 Å². The van der Waals surface area contributed by atoms with Crippen LogP contribution in [0.15, 0.2) is 18.2 Å². The third kappa shape index (κ3) is 6.04. The first-order valence-electron chi connectivity index (χ1n) is 9.15. The van der Waals surface area contributed by atoms with Gasteiger partial charge in [0.15, 0.2) is 11.5 Å². The van der Waals surface area contributed by atoms with Crippen molar-refractivity contribution in [3.8, 4) is 11.5 Å². The first-order chi connectivity index (χ1) is 11.7. The highest BCUT2D eigenvalue weighted by molar-refractivity contribution is 5.91. The molecule has 0 radical (unpaired) electrons. The highest BCUT2D eigenvalue weighted by atomic mass is 16.5. The Hall–Kier alpha value is -1.75. The molecule has 5 nitrogen and oxygen atoms in total. The average Bonchev–Trinajstić information content (AvgIpc) is 3.11. The third-order valence-electron chi connectivity index (χ3n) is 4.03. The topological polar surface area (TPSA) is 59.6 Å². The number of amides is 1. The molecule has 1 amide bonds. The first kappa shape index (κ1) is 18.6. The Morgan fingerprint density at radius 2 is 1.96 bits per heavy atom. The van der Waals surface area contributed by atoms with Gasteiger partial charge in [-0.25, -0.2) is 0 Å². The number of carbonyl (C=O) groups excluding carboxylic acids is 1. The van der Waals surface area contributed by atoms with Crippen molar-refractivity contribution in [1.29, 1.82) is 0 Å². The molecule has 1 aromatic rings. The lowest BCUT2D eigenvalue weighted by atomic mass is 10.1. The van der Waals surface area contributed by atoms with E-state index in [1.807, 2.05) is 18.2 Å². The van der Waals surface area contributed by atoms with Crippen molar-refractivity contribution in [2.75, 3.05) is 25.1 Å². The predicted octanol–water partition coefficient (Wildman–Crippen LogP) is 3.73. The minimum atomic E-state index is 0.0485. The molecule has 0 bridgehead atoms. The molecule has 0 saturated carbocycles. The molecule has 0 spiro atoms. The summed E-state index contributed by atoms with van der Waals surface area (Å²) in [5, 5.41) is 6.38. The highest BCUT2D eigenvalue weighted by Gasteiger charge is 2.15. The Bertz CT molecular complexity index is 513. The third-order valence-corrected chi connectivity index (χ3v) is 4.03. The number of hydrogen-bond acceptors (Lipinski definition) is 4. The summed E-state index contributed by atoms with van der Waals surface area (Å²) in [4.78, 5) is 12.1. The minimum Gasteiger partial charge on any atom is -0.490 e. The molecule has 1 saturated heterocycles. The van der Waals surface area contributed by atoms with Crippen LogP contribution in [-0.2, 0) is 4.79 Å². The molecule has 24 heavy (non-hydrogen) atoms. The highest BCUT2D eigenvalue weighted by Crippen LogP contribution is 2.31. The van der Waals surface area contributed by atoms with Crippen LogP contribution in [0.2, 0.25) is 0 Å². The zero-order chi connectivity index (χ0) is 17.2. The van der Waals surface area contributed by atoms with Gasteiger partial charge in [0, 0.05) is 24.2 Å². The van der Waals surface area contributed by atoms with E-state index in [2.05, 4.69) is 24.5 Å². The molecule has 1 fully saturated rings. The van der Waals surface area contributed by atoms with Gasteiger partial charge in [-0.15, -0.1) is 0 Å². The first-order valence-corrected chi connectivity index (χ1v) is 9.15. The van der Waals surface area contributed by atoms with E-state index in [1.165, 1.54) is 12.8 Å². The summed E-state index contributed by atoms with van der Waals surface area (Å²) >= 11 is 0. The van der Waals surface area contributed by atoms with Crippen molar-refractivity contribution in [2.45, 2.75) is 58.4 Å². The molecule has 1 unspecified atom stereocenters. The number of ether oxygens (including phenoxy) is 2. The number of hydrogen-bond donors (Lipinski definition) is 2. The van der Waals surface area contributed by atoms with E-state index >= 15 is 0 Å². The molecule has 1 heterocycles. The Balaban J connectivity index is 1.91. The molecule has 1 aliphatic rings. The zero-order valence-corrected chi connectivity index (χ0v) is 14.9. The van der Waals surface area contributed by atoms with E-state index in [0.717, 1.165) is 37.2 Å². The second kappa shape index (κ2) is 10.2. The standard InChI is InChI=1S/C19H30N2O3/c1-3-12-23-17-9-7-16(14-18(17)24-13-4-2)21-19(22)10-8-15-6-5-11-20-15/h7,9,14-15,20H,3-6,8,10-13H2,1-2H3,(H,21,22). The van der Waals surface area contributed by atoms with Gasteiger partial charge in [-0.3, -0.25) is 4.79 Å². The fourth-order valence-corrected chi connectivity index (χ4v) is 2.77. The summed E-state index contributed by atoms with van der Waals surface area (Å²) in [6, 6.07) is 6.08. The molecule has 1 atom stereocenters. The van der Waals surface area contributed by atoms with Crippen molar-refractivity contribution in [2.24, 2.45) is 0 Å². The van der Waals surface area contributed by atoms with E-state index in [9.17, 15) is 4.79 Å². The van der Waals surface area contributed by atoms with Gasteiger partial charge in [0.05, 0.1) is 13.2 Å². The Morgan fingerprint density at radius 3 is 2.62 bits per heavy atom. The van der Waals surface area contributed by atoms with Gasteiger partial charge in [0.2, 0.25) is 5.91 Å². The second-order valence-electron chi connectivity index (χ2n) is 6.24. The monoisotopic (exact) mass is 334 g/mol. The Kier molecular flexibility index (Phi) is 7.89. The van der Waals surface area contributed by atoms with Crippen molar-refractivity contribution in [3.05, 3.63) is 18.2 Å². The molecule has 134 valence electrons. The summed E-state index contributed by atoms with van der Waals surface area (Å²) in [6.45, 7) is 6.50. The number of rotatable bonds is 10. The summed E-state index contributed by atoms with van der Waals surface area (Å²) in [5.41, 5.74) is 0.759. The molecule has 0 aromatic heterocycles. The van der Waals surface area contributed by atoms with Crippen LogP contribution in [0.25, 0.3) is 0 Å². The molecular weight excluding hydrogens is 304 g/mol. The van der Waals surface area contributed by atoms with Crippen molar-refractivity contribution >= 4 is 11.6 Å². The quantitative estimate of drug-likeness (QED) is 0.684. The molecule has 1 aliphatic heterocycles. The van der Waals surface area contributed by atoms with Gasteiger partial charge in [0.25, 0.3) is 0 Å². The average molecular weight is 334 g/mol. The van der Waals surface area contributed by atoms with Gasteiger partial charge >= 0.3 is 0 Å². The number of benzene rings is 1. The molecule has 5 heteroatoms. The maximum atomic E-state index is 12.1. The van der Waals surface area contributed by atoms with Gasteiger partial charge < -0.3 is 20.1 Å². The van der Waals surface area contributed by atoms with Crippen LogP contribution in [0.3, 0.4) is 0 Å². The summed E-state index contributed by atoms with van der Waals surface area (Å²) in [5.74, 6) is 1.48. The number of carbonyl (C=O) groups is 1. The van der Waals surface area contributed by atoms with E-state index in [4.69, 9.17) is 9.47 Å². The fraction of sp³-hybridized carbons (Fsp3) is 0.632. The van der Waals surface area contributed by atoms with Gasteiger partial charge in [-0.1, -0.05) is 13.8 Å². The molecule has 0 aliphatic carbocycles. The zero-order valence-electron chi connectivity index (χ0n) is 14.9. The van der Waals surface area contributed by atoms with Crippen LogP contribution in [0.5, 0.6) is 11.5 Å². The van der Waals surface area contributed by atoms with Crippen LogP contribution < -0.4 is 20.1 Å². The number of nitrogens with one attached hydrogen (secondary N) is 2. The lowest BCUT2D eigenvalue weighted by Gasteiger charge is -2.14. The van der Waals surface area contributed by atoms with E-state index in [1.54, 1.807) is 0 Å². The van der Waals surface area contributed by atoms with Crippen LogP contribution >= 0.6 is 0 Å². The van der Waals surface area contributed by atoms with Crippen LogP contribution in [0.4, 0.5) is 5.69 Å². The van der Waals surface area contributed by atoms with Crippen molar-refractivity contribution in [1.82, 2.24) is 5.32 Å². The number of anilines is 1. The minimum absolute atomic E-state index is 0.0485. The van der Waals surface area contributed by atoms with Gasteiger partial charge in [-0.05, 0) is 50.8 Å². The molecule has 2 rings (SSSR count). The second-order valence-corrected chi connectivity index (χ2v) is 6.24. The summed E-state index contributed by atoms with van der Waals surface area (Å²) in [7, 11) is 0. The van der Waals surface area contributed by atoms with Crippen molar-refractivity contribution < 1.29 is 14.3 Å². The van der Waals surface area contributed by atoms with E-state index < -0.39 is 0 Å². The lowest BCUT2D eigenvalue weighted by Crippen LogP contribution is -2.23. The van der Waals surface area contributed by atoms with Crippen LogP contribution in [-0.4, -0.2) is 31.7 Å². The molecule has 1 aromatic carbocycles. The largest absolute Gasteiger partial charge is 0.490 e. The Morgan fingerprint density at radius 1 is 1.21 bits per heavy atom. The lowest BCUT2D eigenvalue weighted by molar-refractivity contribution is -0.116. The maximum absolute atomic E-state index is 12.1. The summed E-state index contributed by atoms with van der Waals surface area (Å²) < 4.78 is 11.5. The van der Waals surface area contributed by atoms with Crippen molar-refractivity contribution in [3.63, 3.8) is 0 Å². The maximum Gasteiger partial charge on any atom is 0.224 e. The van der Waals surface area contributed by atoms with Gasteiger partial charge in [0.1, 0.15) is 0 Å². The Labute approximate surface area is 145 Å². The molecule has 2 N–H and O–H groups in total. The van der Waals surface area contributed by atoms with Crippen LogP contribution in [0.1, 0.15) is 52.4 Å². The fourth-order valence-electron chi connectivity index (χ4n) is 2.77.